The smallest absolute Gasteiger partial charge is 0.279 e. The number of hydrogen-bond acceptors (Lipinski definition) is 3. The molecule has 1 aromatic carbocycles. The fraction of sp³-hybridized carbons (Fsp3) is 0.619. The predicted octanol–water partition coefficient (Wildman–Crippen LogP) is -1.82. The highest BCUT2D eigenvalue weighted by molar-refractivity contribution is 7.80. The first kappa shape index (κ1) is 22.0. The van der Waals surface area contributed by atoms with E-state index in [1.807, 2.05) is 18.2 Å². The Morgan fingerprint density at radius 1 is 1.14 bits per heavy atom. The molecule has 2 aliphatic heterocycles. The van der Waals surface area contributed by atoms with Crippen LogP contribution in [0.1, 0.15) is 12.5 Å². The van der Waals surface area contributed by atoms with Gasteiger partial charge in [0.05, 0.1) is 52.5 Å². The van der Waals surface area contributed by atoms with E-state index in [0.717, 1.165) is 82.8 Å². The van der Waals surface area contributed by atoms with Gasteiger partial charge in [0, 0.05) is 5.69 Å². The van der Waals surface area contributed by atoms with Crippen LogP contribution in [0.25, 0.3) is 0 Å². The van der Waals surface area contributed by atoms with Gasteiger partial charge in [-0.1, -0.05) is 25.1 Å². The molecule has 0 saturated carbocycles. The summed E-state index contributed by atoms with van der Waals surface area (Å²) < 4.78 is 5.40. The molecule has 7 nitrogen and oxygen atoms in total. The van der Waals surface area contributed by atoms with E-state index in [2.05, 4.69) is 28.5 Å². The van der Waals surface area contributed by atoms with Gasteiger partial charge in [0.25, 0.3) is 5.91 Å². The molecule has 2 saturated heterocycles. The van der Waals surface area contributed by atoms with Gasteiger partial charge in [0.2, 0.25) is 0 Å². The molecule has 29 heavy (non-hydrogen) atoms. The SMILES string of the molecule is CCc1ccccc1NC(=O)C[NH+]1CCN(C(=S)NCC[NH+]2CCOCC2)CC1. The Balaban J connectivity index is 1.34. The molecule has 1 amide bonds. The summed E-state index contributed by atoms with van der Waals surface area (Å²) in [4.78, 5) is 17.6. The molecule has 0 atom stereocenters. The number of hydrogen-bond donors (Lipinski definition) is 4. The van der Waals surface area contributed by atoms with Crippen LogP contribution in [0.2, 0.25) is 0 Å². The van der Waals surface area contributed by atoms with Crippen molar-refractivity contribution in [2.24, 2.45) is 0 Å². The molecule has 8 heteroatoms. The second-order valence-electron chi connectivity index (χ2n) is 7.82. The normalized spacial score (nSPS) is 18.4. The minimum atomic E-state index is 0.0866. The van der Waals surface area contributed by atoms with Crippen LogP contribution in [-0.2, 0) is 16.0 Å². The molecule has 2 aliphatic rings. The van der Waals surface area contributed by atoms with E-state index in [-0.39, 0.29) is 5.91 Å². The summed E-state index contributed by atoms with van der Waals surface area (Å²) in [6, 6.07) is 8.02. The van der Waals surface area contributed by atoms with E-state index in [1.165, 1.54) is 10.5 Å². The molecule has 3 rings (SSSR count). The van der Waals surface area contributed by atoms with Crippen LogP contribution in [-0.4, -0.2) is 88.0 Å². The molecule has 0 aliphatic carbocycles. The topological polar surface area (TPSA) is 62.5 Å². The van der Waals surface area contributed by atoms with Crippen molar-refractivity contribution in [1.82, 2.24) is 10.2 Å². The molecule has 2 heterocycles. The zero-order valence-corrected chi connectivity index (χ0v) is 18.3. The fourth-order valence-corrected chi connectivity index (χ4v) is 4.23. The maximum Gasteiger partial charge on any atom is 0.279 e. The van der Waals surface area contributed by atoms with Gasteiger partial charge in [0.15, 0.2) is 11.7 Å². The lowest BCUT2D eigenvalue weighted by Gasteiger charge is -2.33. The quantitative estimate of drug-likeness (QED) is 0.391. The number of morpholine rings is 1. The van der Waals surface area contributed by atoms with E-state index in [1.54, 1.807) is 4.90 Å². The van der Waals surface area contributed by atoms with Crippen LogP contribution in [0.3, 0.4) is 0 Å². The Labute approximate surface area is 179 Å². The number of rotatable bonds is 7. The molecule has 4 N–H and O–H groups in total. The summed E-state index contributed by atoms with van der Waals surface area (Å²) in [5, 5.41) is 7.33. The van der Waals surface area contributed by atoms with Gasteiger partial charge in [-0.05, 0) is 30.3 Å². The van der Waals surface area contributed by atoms with Crippen molar-refractivity contribution in [1.29, 1.82) is 0 Å². The third-order valence-electron chi connectivity index (χ3n) is 5.80. The average Bonchev–Trinajstić information content (AvgIpc) is 2.75. The molecule has 0 spiro atoms. The van der Waals surface area contributed by atoms with Gasteiger partial charge in [-0.25, -0.2) is 0 Å². The maximum absolute atomic E-state index is 12.5. The molecule has 1 aromatic rings. The number of amides is 1. The Morgan fingerprint density at radius 2 is 1.86 bits per heavy atom. The first-order chi connectivity index (χ1) is 14.2. The van der Waals surface area contributed by atoms with Crippen LogP contribution in [0.5, 0.6) is 0 Å². The Kier molecular flexibility index (Phi) is 8.67. The van der Waals surface area contributed by atoms with E-state index >= 15 is 0 Å². The lowest BCUT2D eigenvalue weighted by Crippen LogP contribution is -3.15. The molecule has 160 valence electrons. The maximum atomic E-state index is 12.5. The van der Waals surface area contributed by atoms with Crippen LogP contribution in [0.4, 0.5) is 5.69 Å². The van der Waals surface area contributed by atoms with Crippen molar-refractivity contribution in [3.8, 4) is 0 Å². The van der Waals surface area contributed by atoms with Gasteiger partial charge >= 0.3 is 0 Å². The number of nitrogens with zero attached hydrogens (tertiary/aromatic N) is 1. The lowest BCUT2D eigenvalue weighted by molar-refractivity contribution is -0.906. The molecular formula is C21H35N5O2S+2. The summed E-state index contributed by atoms with van der Waals surface area (Å²) in [7, 11) is 0. The van der Waals surface area contributed by atoms with Crippen molar-refractivity contribution >= 4 is 28.9 Å². The summed E-state index contributed by atoms with van der Waals surface area (Å²) in [6.07, 6.45) is 0.916. The number of nitrogens with one attached hydrogen (secondary N) is 4. The van der Waals surface area contributed by atoms with Gasteiger partial charge in [-0.2, -0.15) is 0 Å². The van der Waals surface area contributed by atoms with Crippen LogP contribution in [0, 0.1) is 0 Å². The number of para-hydroxylation sites is 1. The van der Waals surface area contributed by atoms with Gasteiger partial charge in [-0.3, -0.25) is 4.79 Å². The summed E-state index contributed by atoms with van der Waals surface area (Å²) in [5.74, 6) is 0.0866. The molecule has 0 radical (unpaired) electrons. The zero-order chi connectivity index (χ0) is 20.5. The second-order valence-corrected chi connectivity index (χ2v) is 8.20. The van der Waals surface area contributed by atoms with E-state index in [4.69, 9.17) is 17.0 Å². The number of quaternary nitrogens is 2. The minimum Gasteiger partial charge on any atom is -0.370 e. The number of thiocarbonyl (C=S) groups is 1. The highest BCUT2D eigenvalue weighted by atomic mass is 32.1. The van der Waals surface area contributed by atoms with E-state index < -0.39 is 0 Å². The molecule has 0 aromatic heterocycles. The van der Waals surface area contributed by atoms with Gasteiger partial charge < -0.3 is 30.1 Å². The van der Waals surface area contributed by atoms with Crippen molar-refractivity contribution in [3.05, 3.63) is 29.8 Å². The third-order valence-corrected chi connectivity index (χ3v) is 6.20. The number of benzene rings is 1. The zero-order valence-electron chi connectivity index (χ0n) is 17.5. The van der Waals surface area contributed by atoms with E-state index in [0.29, 0.717) is 6.54 Å². The van der Waals surface area contributed by atoms with Crippen molar-refractivity contribution in [2.45, 2.75) is 13.3 Å². The molecule has 0 bridgehead atoms. The monoisotopic (exact) mass is 421 g/mol. The van der Waals surface area contributed by atoms with Crippen molar-refractivity contribution < 1.29 is 19.3 Å². The number of ether oxygens (including phenoxy) is 1. The van der Waals surface area contributed by atoms with Crippen molar-refractivity contribution in [3.63, 3.8) is 0 Å². The first-order valence-electron chi connectivity index (χ1n) is 10.8. The second kappa shape index (κ2) is 11.4. The fourth-order valence-electron chi connectivity index (χ4n) is 3.94. The Bertz CT molecular complexity index is 673. The number of carbonyl (C=O) groups is 1. The van der Waals surface area contributed by atoms with Gasteiger partial charge in [0.1, 0.15) is 13.1 Å². The first-order valence-corrected chi connectivity index (χ1v) is 11.2. The number of aryl methyl sites for hydroxylation is 1. The van der Waals surface area contributed by atoms with Crippen LogP contribution >= 0.6 is 12.2 Å². The molecular weight excluding hydrogens is 386 g/mol. The largest absolute Gasteiger partial charge is 0.370 e. The average molecular weight is 422 g/mol. The number of piperazine rings is 1. The Hall–Kier alpha value is -1.74. The minimum absolute atomic E-state index is 0.0866. The standard InChI is InChI=1S/C21H33N5O2S/c1-2-18-5-3-4-6-19(18)23-20(27)17-25-9-11-26(12-10-25)21(29)22-7-8-24-13-15-28-16-14-24/h3-6H,2,7-17H2,1H3,(H,22,29)(H,23,27)/p+2. The van der Waals surface area contributed by atoms with E-state index in [9.17, 15) is 4.79 Å². The van der Waals surface area contributed by atoms with Crippen molar-refractivity contribution in [2.75, 3.05) is 77.4 Å². The van der Waals surface area contributed by atoms with Crippen LogP contribution < -0.4 is 20.4 Å². The highest BCUT2D eigenvalue weighted by Crippen LogP contribution is 2.14. The number of carbonyl (C=O) groups excluding carboxylic acids is 1. The summed E-state index contributed by atoms with van der Waals surface area (Å²) in [6.45, 7) is 12.1. The predicted molar refractivity (Wildman–Crippen MR) is 119 cm³/mol. The summed E-state index contributed by atoms with van der Waals surface area (Å²) >= 11 is 5.57. The summed E-state index contributed by atoms with van der Waals surface area (Å²) in [5.41, 5.74) is 2.11. The highest BCUT2D eigenvalue weighted by Gasteiger charge is 2.24. The molecule has 0 unspecified atom stereocenters. The molecule has 2 fully saturated rings. The number of anilines is 1. The third kappa shape index (κ3) is 6.92. The van der Waals surface area contributed by atoms with Crippen LogP contribution in [0.15, 0.2) is 24.3 Å². The van der Waals surface area contributed by atoms with Gasteiger partial charge in [-0.15, -0.1) is 0 Å². The lowest BCUT2D eigenvalue weighted by atomic mass is 10.1. The Morgan fingerprint density at radius 3 is 2.59 bits per heavy atom.